The molecule has 0 aliphatic rings. The molecule has 0 bridgehead atoms. The molecule has 2 aromatic carbocycles. The molecule has 2 aromatic rings. The molecular weight excluding hydrogens is 216 g/mol. The lowest BCUT2D eigenvalue weighted by Crippen LogP contribution is -1.95. The molecule has 88 valence electrons. The van der Waals surface area contributed by atoms with Crippen molar-refractivity contribution in [2.45, 2.75) is 13.2 Å². The van der Waals surface area contributed by atoms with Crippen molar-refractivity contribution in [2.75, 3.05) is 0 Å². The Labute approximate surface area is 99.9 Å². The monoisotopic (exact) mass is 230 g/mol. The van der Waals surface area contributed by atoms with Crippen molar-refractivity contribution in [1.29, 1.82) is 0 Å². The molecule has 2 rings (SSSR count). The summed E-state index contributed by atoms with van der Waals surface area (Å²) in [6.45, 7) is 0.319. The second-order valence-electron chi connectivity index (χ2n) is 3.73. The Morgan fingerprint density at radius 2 is 1.71 bits per heavy atom. The van der Waals surface area contributed by atoms with Crippen LogP contribution >= 0.6 is 0 Å². The van der Waals surface area contributed by atoms with E-state index in [9.17, 15) is 5.11 Å². The van der Waals surface area contributed by atoms with Crippen LogP contribution in [0, 0.1) is 0 Å². The molecular formula is C14H14O3. The van der Waals surface area contributed by atoms with Gasteiger partial charge in [0.15, 0.2) is 11.5 Å². The minimum Gasteiger partial charge on any atom is -0.504 e. The summed E-state index contributed by atoms with van der Waals surface area (Å²) < 4.78 is 5.49. The summed E-state index contributed by atoms with van der Waals surface area (Å²) in [7, 11) is 0. The fourth-order valence-corrected chi connectivity index (χ4v) is 1.52. The number of benzene rings is 2. The van der Waals surface area contributed by atoms with Gasteiger partial charge in [-0.3, -0.25) is 0 Å². The maximum atomic E-state index is 9.66. The Bertz CT molecular complexity index is 480. The van der Waals surface area contributed by atoms with E-state index in [1.165, 1.54) is 6.07 Å². The largest absolute Gasteiger partial charge is 0.504 e. The number of aliphatic hydroxyl groups is 1. The molecule has 0 aliphatic carbocycles. The highest BCUT2D eigenvalue weighted by atomic mass is 16.5. The van der Waals surface area contributed by atoms with Gasteiger partial charge in [0.2, 0.25) is 0 Å². The molecule has 2 N–H and O–H groups in total. The third kappa shape index (κ3) is 2.98. The molecule has 0 radical (unpaired) electrons. The van der Waals surface area contributed by atoms with Gasteiger partial charge in [-0.2, -0.15) is 0 Å². The van der Waals surface area contributed by atoms with Gasteiger partial charge in [0.1, 0.15) is 6.61 Å². The number of phenols is 1. The Hall–Kier alpha value is -2.00. The molecule has 0 amide bonds. The van der Waals surface area contributed by atoms with Crippen LogP contribution in [0.1, 0.15) is 11.1 Å². The van der Waals surface area contributed by atoms with Gasteiger partial charge in [-0.1, -0.05) is 36.4 Å². The van der Waals surface area contributed by atoms with E-state index < -0.39 is 0 Å². The normalized spacial score (nSPS) is 10.2. The summed E-state index contributed by atoms with van der Waals surface area (Å²) in [6.07, 6.45) is 0. The van der Waals surface area contributed by atoms with Crippen LogP contribution in [0.15, 0.2) is 48.5 Å². The van der Waals surface area contributed by atoms with Crippen LogP contribution in [-0.4, -0.2) is 10.2 Å². The lowest BCUT2D eigenvalue weighted by Gasteiger charge is -2.08. The van der Waals surface area contributed by atoms with Crippen LogP contribution in [0.25, 0.3) is 0 Å². The molecule has 3 heteroatoms. The van der Waals surface area contributed by atoms with Crippen molar-refractivity contribution in [3.05, 3.63) is 59.7 Å². The average Bonchev–Trinajstić information content (AvgIpc) is 2.38. The van der Waals surface area contributed by atoms with Gasteiger partial charge in [-0.15, -0.1) is 0 Å². The SMILES string of the molecule is OCc1ccc(OCc2ccccc2)c(O)c1. The first kappa shape index (κ1) is 11.5. The minimum atomic E-state index is -0.0907. The molecule has 0 unspecified atom stereocenters. The van der Waals surface area contributed by atoms with Crippen LogP contribution < -0.4 is 4.74 Å². The van der Waals surface area contributed by atoms with Gasteiger partial charge in [0.25, 0.3) is 0 Å². The van der Waals surface area contributed by atoms with Crippen LogP contribution in [0.5, 0.6) is 11.5 Å². The summed E-state index contributed by atoms with van der Waals surface area (Å²) in [5.41, 5.74) is 1.70. The molecule has 17 heavy (non-hydrogen) atoms. The number of hydrogen-bond acceptors (Lipinski definition) is 3. The van der Waals surface area contributed by atoms with E-state index >= 15 is 0 Å². The van der Waals surface area contributed by atoms with E-state index in [0.717, 1.165) is 5.56 Å². The summed E-state index contributed by atoms with van der Waals surface area (Å²) in [4.78, 5) is 0. The predicted octanol–water partition coefficient (Wildman–Crippen LogP) is 2.46. The summed E-state index contributed by atoms with van der Waals surface area (Å²) in [6, 6.07) is 14.6. The van der Waals surface area contributed by atoms with Crippen molar-refractivity contribution < 1.29 is 14.9 Å². The van der Waals surface area contributed by atoms with Crippen molar-refractivity contribution in [2.24, 2.45) is 0 Å². The first-order chi connectivity index (χ1) is 8.29. The van der Waals surface area contributed by atoms with Crippen molar-refractivity contribution >= 4 is 0 Å². The van der Waals surface area contributed by atoms with Gasteiger partial charge in [0, 0.05) is 0 Å². The molecule has 0 saturated carbocycles. The number of phenolic OH excluding ortho intramolecular Hbond substituents is 1. The van der Waals surface area contributed by atoms with Crippen molar-refractivity contribution in [1.82, 2.24) is 0 Å². The molecule has 0 aromatic heterocycles. The highest BCUT2D eigenvalue weighted by Gasteiger charge is 2.03. The van der Waals surface area contributed by atoms with E-state index in [1.807, 2.05) is 30.3 Å². The highest BCUT2D eigenvalue weighted by Crippen LogP contribution is 2.27. The maximum Gasteiger partial charge on any atom is 0.161 e. The Morgan fingerprint density at radius 1 is 0.941 bits per heavy atom. The quantitative estimate of drug-likeness (QED) is 0.848. The zero-order chi connectivity index (χ0) is 12.1. The van der Waals surface area contributed by atoms with Crippen LogP contribution in [0.4, 0.5) is 0 Å². The third-order valence-electron chi connectivity index (χ3n) is 2.44. The van der Waals surface area contributed by atoms with E-state index in [2.05, 4.69) is 0 Å². The van der Waals surface area contributed by atoms with E-state index in [-0.39, 0.29) is 12.4 Å². The van der Waals surface area contributed by atoms with Gasteiger partial charge in [-0.25, -0.2) is 0 Å². The van der Waals surface area contributed by atoms with Crippen LogP contribution in [0.2, 0.25) is 0 Å². The van der Waals surface area contributed by atoms with Crippen molar-refractivity contribution in [3.63, 3.8) is 0 Å². The van der Waals surface area contributed by atoms with E-state index in [0.29, 0.717) is 17.9 Å². The number of ether oxygens (including phenoxy) is 1. The second kappa shape index (κ2) is 5.37. The highest BCUT2D eigenvalue weighted by molar-refractivity contribution is 5.41. The summed E-state index contributed by atoms with van der Waals surface area (Å²) >= 11 is 0. The third-order valence-corrected chi connectivity index (χ3v) is 2.44. The van der Waals surface area contributed by atoms with Gasteiger partial charge >= 0.3 is 0 Å². The first-order valence-corrected chi connectivity index (χ1v) is 5.39. The molecule has 0 spiro atoms. The minimum absolute atomic E-state index is 0.0486. The number of hydrogen-bond donors (Lipinski definition) is 2. The van der Waals surface area contributed by atoms with E-state index in [1.54, 1.807) is 12.1 Å². The van der Waals surface area contributed by atoms with Crippen LogP contribution in [-0.2, 0) is 13.2 Å². The van der Waals surface area contributed by atoms with Crippen LogP contribution in [0.3, 0.4) is 0 Å². The lowest BCUT2D eigenvalue weighted by atomic mass is 10.2. The topological polar surface area (TPSA) is 49.7 Å². The fourth-order valence-electron chi connectivity index (χ4n) is 1.52. The zero-order valence-corrected chi connectivity index (χ0v) is 9.34. The Balaban J connectivity index is 2.04. The Morgan fingerprint density at radius 3 is 2.35 bits per heavy atom. The maximum absolute atomic E-state index is 9.66. The number of rotatable bonds is 4. The molecule has 0 heterocycles. The fraction of sp³-hybridized carbons (Fsp3) is 0.143. The zero-order valence-electron chi connectivity index (χ0n) is 9.34. The molecule has 0 saturated heterocycles. The van der Waals surface area contributed by atoms with Gasteiger partial charge in [0.05, 0.1) is 6.61 Å². The molecule has 0 atom stereocenters. The smallest absolute Gasteiger partial charge is 0.161 e. The number of aromatic hydroxyl groups is 1. The number of aliphatic hydroxyl groups excluding tert-OH is 1. The molecule has 3 nitrogen and oxygen atoms in total. The Kier molecular flexibility index (Phi) is 3.62. The lowest BCUT2D eigenvalue weighted by molar-refractivity contribution is 0.276. The van der Waals surface area contributed by atoms with E-state index in [4.69, 9.17) is 9.84 Å². The predicted molar refractivity (Wildman–Crippen MR) is 64.8 cm³/mol. The summed E-state index contributed by atoms with van der Waals surface area (Å²) in [5, 5.41) is 18.6. The average molecular weight is 230 g/mol. The van der Waals surface area contributed by atoms with Crippen molar-refractivity contribution in [3.8, 4) is 11.5 Å². The van der Waals surface area contributed by atoms with Gasteiger partial charge in [-0.05, 0) is 23.3 Å². The summed E-state index contributed by atoms with van der Waals surface area (Å²) in [5.74, 6) is 0.471. The first-order valence-electron chi connectivity index (χ1n) is 5.39. The second-order valence-corrected chi connectivity index (χ2v) is 3.73. The van der Waals surface area contributed by atoms with Gasteiger partial charge < -0.3 is 14.9 Å². The molecule has 0 fully saturated rings. The molecule has 0 aliphatic heterocycles. The standard InChI is InChI=1S/C14H14O3/c15-9-12-6-7-14(13(16)8-12)17-10-11-4-2-1-3-5-11/h1-8,15-16H,9-10H2.